The second kappa shape index (κ2) is 5.85. The minimum Gasteiger partial charge on any atom is -0.456 e. The third-order valence-electron chi connectivity index (χ3n) is 4.89. The van der Waals surface area contributed by atoms with E-state index in [1.807, 2.05) is 30.5 Å². The first-order valence-electron chi connectivity index (χ1n) is 8.74. The Labute approximate surface area is 152 Å². The van der Waals surface area contributed by atoms with E-state index < -0.39 is 0 Å². The maximum absolute atomic E-state index is 6.37. The summed E-state index contributed by atoms with van der Waals surface area (Å²) < 4.78 is 6.37. The Bertz CT molecular complexity index is 1120. The summed E-state index contributed by atoms with van der Waals surface area (Å²) in [7, 11) is 0. The van der Waals surface area contributed by atoms with Crippen LogP contribution in [0.15, 0.2) is 85.1 Å². The molecule has 0 amide bonds. The number of fused-ring (bicyclic) bond motifs is 5. The molecule has 0 saturated heterocycles. The Morgan fingerprint density at radius 2 is 1.35 bits per heavy atom. The van der Waals surface area contributed by atoms with Crippen LogP contribution in [-0.4, -0.2) is 4.98 Å². The predicted molar refractivity (Wildman–Crippen MR) is 105 cm³/mol. The zero-order valence-electron chi connectivity index (χ0n) is 14.4. The van der Waals surface area contributed by atoms with Crippen molar-refractivity contribution < 1.29 is 4.74 Å². The lowest BCUT2D eigenvalue weighted by atomic mass is 9.88. The Morgan fingerprint density at radius 3 is 2.15 bits per heavy atom. The van der Waals surface area contributed by atoms with Gasteiger partial charge in [0.1, 0.15) is 11.5 Å². The van der Waals surface area contributed by atoms with E-state index in [-0.39, 0.29) is 0 Å². The highest BCUT2D eigenvalue weighted by molar-refractivity contribution is 5.97. The first-order valence-corrected chi connectivity index (χ1v) is 8.74. The van der Waals surface area contributed by atoms with Crippen LogP contribution in [0.3, 0.4) is 0 Å². The van der Waals surface area contributed by atoms with E-state index >= 15 is 0 Å². The minimum absolute atomic E-state index is 0.869. The summed E-state index contributed by atoms with van der Waals surface area (Å²) in [6.07, 6.45) is 1.84. The third kappa shape index (κ3) is 2.23. The fourth-order valence-electron chi connectivity index (χ4n) is 3.71. The lowest BCUT2D eigenvalue weighted by Gasteiger charge is -2.16. The van der Waals surface area contributed by atoms with E-state index in [9.17, 15) is 0 Å². The number of aromatic nitrogens is 1. The molecule has 1 aliphatic heterocycles. The Balaban J connectivity index is 1.91. The van der Waals surface area contributed by atoms with Gasteiger partial charge in [-0.3, -0.25) is 4.98 Å². The largest absolute Gasteiger partial charge is 0.456 e. The fraction of sp³-hybridized carbons (Fsp3) is 0.0417. The summed E-state index contributed by atoms with van der Waals surface area (Å²) in [4.78, 5) is 4.62. The molecule has 4 aromatic rings. The summed E-state index contributed by atoms with van der Waals surface area (Å²) in [5, 5.41) is 0. The molecule has 5 rings (SSSR count). The molecular formula is C24H17NO. The summed E-state index contributed by atoms with van der Waals surface area (Å²) >= 11 is 0. The fourth-order valence-corrected chi connectivity index (χ4v) is 3.71. The van der Waals surface area contributed by atoms with Gasteiger partial charge in [-0.1, -0.05) is 54.6 Å². The summed E-state index contributed by atoms with van der Waals surface area (Å²) in [5.41, 5.74) is 7.86. The molecule has 0 spiro atoms. The van der Waals surface area contributed by atoms with E-state index in [1.165, 1.54) is 16.7 Å². The van der Waals surface area contributed by atoms with Crippen LogP contribution in [0.2, 0.25) is 0 Å². The monoisotopic (exact) mass is 335 g/mol. The average molecular weight is 335 g/mol. The van der Waals surface area contributed by atoms with Gasteiger partial charge >= 0.3 is 0 Å². The molecule has 0 fully saturated rings. The van der Waals surface area contributed by atoms with Gasteiger partial charge in [-0.2, -0.15) is 0 Å². The topological polar surface area (TPSA) is 22.1 Å². The summed E-state index contributed by atoms with van der Waals surface area (Å²) in [5.74, 6) is 1.75. The molecule has 124 valence electrons. The molecule has 0 atom stereocenters. The third-order valence-corrected chi connectivity index (χ3v) is 4.89. The van der Waals surface area contributed by atoms with Crippen LogP contribution in [0.25, 0.3) is 33.5 Å². The van der Waals surface area contributed by atoms with Crippen molar-refractivity contribution in [2.75, 3.05) is 0 Å². The van der Waals surface area contributed by atoms with E-state index in [0.717, 1.165) is 33.9 Å². The van der Waals surface area contributed by atoms with Crippen molar-refractivity contribution >= 4 is 0 Å². The number of para-hydroxylation sites is 1. The maximum Gasteiger partial charge on any atom is 0.136 e. The van der Waals surface area contributed by atoms with Crippen LogP contribution >= 0.6 is 0 Å². The molecule has 3 aromatic carbocycles. The molecule has 1 aliphatic rings. The molecule has 1 aromatic heterocycles. The van der Waals surface area contributed by atoms with Gasteiger partial charge in [0.2, 0.25) is 0 Å². The highest BCUT2D eigenvalue weighted by Gasteiger charge is 2.24. The normalized spacial score (nSPS) is 11.6. The van der Waals surface area contributed by atoms with Gasteiger partial charge in [-0.05, 0) is 47.9 Å². The van der Waals surface area contributed by atoms with E-state index in [1.54, 1.807) is 0 Å². The van der Waals surface area contributed by atoms with Crippen LogP contribution < -0.4 is 4.74 Å². The summed E-state index contributed by atoms with van der Waals surface area (Å²) in [6, 6.07) is 26.9. The number of hydrogen-bond donors (Lipinski definition) is 0. The molecule has 0 unspecified atom stereocenters. The summed E-state index contributed by atoms with van der Waals surface area (Å²) in [6.45, 7) is 2.13. The SMILES string of the molecule is Cc1ccc2c(c1-c1ccccn1)-c1ccccc1-c1ccccc1O2. The van der Waals surface area contributed by atoms with Gasteiger partial charge in [0.25, 0.3) is 0 Å². The van der Waals surface area contributed by atoms with Crippen molar-refractivity contribution in [2.45, 2.75) is 6.92 Å². The van der Waals surface area contributed by atoms with Gasteiger partial charge in [-0.15, -0.1) is 0 Å². The molecule has 0 N–H and O–H groups in total. The lowest BCUT2D eigenvalue weighted by Crippen LogP contribution is -1.94. The van der Waals surface area contributed by atoms with Gasteiger partial charge in [0.15, 0.2) is 0 Å². The zero-order chi connectivity index (χ0) is 17.5. The number of benzene rings is 3. The quantitative estimate of drug-likeness (QED) is 0.349. The highest BCUT2D eigenvalue weighted by atomic mass is 16.5. The number of nitrogens with zero attached hydrogens (tertiary/aromatic N) is 1. The van der Waals surface area contributed by atoms with E-state index in [4.69, 9.17) is 4.74 Å². The maximum atomic E-state index is 6.37. The van der Waals surface area contributed by atoms with Crippen molar-refractivity contribution in [1.82, 2.24) is 4.98 Å². The van der Waals surface area contributed by atoms with Crippen molar-refractivity contribution in [2.24, 2.45) is 0 Å². The predicted octanol–water partition coefficient (Wildman–Crippen LogP) is 6.50. The minimum atomic E-state index is 0.869. The van der Waals surface area contributed by atoms with Crippen LogP contribution in [0, 0.1) is 6.92 Å². The Kier molecular flexibility index (Phi) is 3.36. The molecule has 0 radical (unpaired) electrons. The smallest absolute Gasteiger partial charge is 0.136 e. The van der Waals surface area contributed by atoms with Crippen LogP contribution in [0.4, 0.5) is 0 Å². The highest BCUT2D eigenvalue weighted by Crippen LogP contribution is 2.50. The standard InChI is InChI=1S/C24H17NO/c1-16-13-14-22-24(23(16)20-11-6-7-15-25-20)19-10-3-2-8-17(19)18-9-4-5-12-21(18)26-22/h2-15H,1H3. The molecule has 2 nitrogen and oxygen atoms in total. The molecule has 0 bridgehead atoms. The number of hydrogen-bond acceptors (Lipinski definition) is 2. The number of ether oxygens (including phenoxy) is 1. The molecule has 2 heterocycles. The molecule has 26 heavy (non-hydrogen) atoms. The second-order valence-corrected chi connectivity index (χ2v) is 6.49. The number of rotatable bonds is 1. The van der Waals surface area contributed by atoms with E-state index in [0.29, 0.717) is 0 Å². The molecule has 0 saturated carbocycles. The van der Waals surface area contributed by atoms with Crippen LogP contribution in [-0.2, 0) is 0 Å². The second-order valence-electron chi connectivity index (χ2n) is 6.49. The van der Waals surface area contributed by atoms with Crippen molar-refractivity contribution in [3.63, 3.8) is 0 Å². The Hall–Kier alpha value is -3.39. The van der Waals surface area contributed by atoms with Crippen molar-refractivity contribution in [1.29, 1.82) is 0 Å². The van der Waals surface area contributed by atoms with E-state index in [2.05, 4.69) is 66.5 Å². The van der Waals surface area contributed by atoms with Gasteiger partial charge in [0, 0.05) is 22.9 Å². The van der Waals surface area contributed by atoms with Crippen LogP contribution in [0.5, 0.6) is 11.5 Å². The molecular weight excluding hydrogens is 318 g/mol. The zero-order valence-corrected chi connectivity index (χ0v) is 14.4. The van der Waals surface area contributed by atoms with Gasteiger partial charge < -0.3 is 4.74 Å². The van der Waals surface area contributed by atoms with Crippen LogP contribution in [0.1, 0.15) is 5.56 Å². The number of aryl methyl sites for hydroxylation is 1. The Morgan fingerprint density at radius 1 is 0.615 bits per heavy atom. The van der Waals surface area contributed by atoms with Gasteiger partial charge in [-0.25, -0.2) is 0 Å². The average Bonchev–Trinajstić information content (AvgIpc) is 2.84. The number of pyridine rings is 1. The molecule has 0 aliphatic carbocycles. The first-order chi connectivity index (χ1) is 12.8. The molecule has 2 heteroatoms. The van der Waals surface area contributed by atoms with Crippen molar-refractivity contribution in [3.8, 4) is 45.0 Å². The first kappa shape index (κ1) is 14.9. The van der Waals surface area contributed by atoms with Crippen molar-refractivity contribution in [3.05, 3.63) is 90.6 Å². The lowest BCUT2D eigenvalue weighted by molar-refractivity contribution is 0.488. The van der Waals surface area contributed by atoms with Gasteiger partial charge in [0.05, 0.1) is 5.69 Å².